The number of carboxylic acids is 1. The summed E-state index contributed by atoms with van der Waals surface area (Å²) >= 11 is 6.01. The van der Waals surface area contributed by atoms with Gasteiger partial charge in [0.2, 0.25) is 0 Å². The van der Waals surface area contributed by atoms with Crippen molar-refractivity contribution in [2.45, 2.75) is 6.42 Å². The van der Waals surface area contributed by atoms with Gasteiger partial charge in [-0.3, -0.25) is 0 Å². The van der Waals surface area contributed by atoms with Gasteiger partial charge in [-0.05, 0) is 19.2 Å². The number of carboxylic acid groups (broad SMARTS) is 1. The maximum atomic E-state index is 11.1. The molecule has 2 aromatic heterocycles. The van der Waals surface area contributed by atoms with E-state index < -0.39 is 5.97 Å². The number of aromatic nitrogens is 2. The van der Waals surface area contributed by atoms with Crippen molar-refractivity contribution in [1.29, 1.82) is 0 Å². The summed E-state index contributed by atoms with van der Waals surface area (Å²) in [6.07, 6.45) is 2.41. The van der Waals surface area contributed by atoms with Crippen molar-refractivity contribution >= 4 is 23.1 Å². The monoisotopic (exact) mass is 253 g/mol. The lowest BCUT2D eigenvalue weighted by molar-refractivity contribution is 0.0693. The number of fused-ring (bicyclic) bond motifs is 1. The molecule has 0 amide bonds. The van der Waals surface area contributed by atoms with Gasteiger partial charge in [-0.15, -0.1) is 0 Å². The van der Waals surface area contributed by atoms with E-state index in [4.69, 9.17) is 16.7 Å². The van der Waals surface area contributed by atoms with E-state index in [1.807, 2.05) is 7.05 Å². The van der Waals surface area contributed by atoms with Crippen molar-refractivity contribution in [3.8, 4) is 0 Å². The minimum Gasteiger partial charge on any atom is -0.476 e. The predicted molar refractivity (Wildman–Crippen MR) is 64.8 cm³/mol. The van der Waals surface area contributed by atoms with Crippen molar-refractivity contribution < 1.29 is 9.90 Å². The van der Waals surface area contributed by atoms with Gasteiger partial charge in [-0.1, -0.05) is 11.6 Å². The molecule has 2 aromatic rings. The quantitative estimate of drug-likeness (QED) is 0.866. The Hall–Kier alpha value is -1.59. The Morgan fingerprint density at radius 3 is 3.06 bits per heavy atom. The summed E-state index contributed by atoms with van der Waals surface area (Å²) in [7, 11) is 1.83. The van der Waals surface area contributed by atoms with Crippen molar-refractivity contribution in [3.63, 3.8) is 0 Å². The highest BCUT2D eigenvalue weighted by atomic mass is 35.5. The summed E-state index contributed by atoms with van der Waals surface area (Å²) in [5.74, 6) is -0.374. The topological polar surface area (TPSA) is 66.6 Å². The summed E-state index contributed by atoms with van der Waals surface area (Å²) in [5, 5.41) is 12.5. The number of halogens is 1. The summed E-state index contributed by atoms with van der Waals surface area (Å²) < 4.78 is 1.73. The number of hydrogen-bond acceptors (Lipinski definition) is 3. The van der Waals surface area contributed by atoms with E-state index in [2.05, 4.69) is 10.3 Å². The van der Waals surface area contributed by atoms with E-state index in [1.165, 1.54) is 0 Å². The van der Waals surface area contributed by atoms with E-state index >= 15 is 0 Å². The lowest BCUT2D eigenvalue weighted by atomic mass is 10.3. The van der Waals surface area contributed by atoms with Gasteiger partial charge >= 0.3 is 5.97 Å². The second-order valence-electron chi connectivity index (χ2n) is 3.61. The molecular formula is C11H12ClN3O2. The minimum absolute atomic E-state index is 0.00158. The Kier molecular flexibility index (Phi) is 3.31. The van der Waals surface area contributed by atoms with Gasteiger partial charge in [0.25, 0.3) is 0 Å². The third-order valence-electron chi connectivity index (χ3n) is 2.49. The molecular weight excluding hydrogens is 242 g/mol. The second-order valence-corrected chi connectivity index (χ2v) is 4.02. The maximum Gasteiger partial charge on any atom is 0.356 e. The van der Waals surface area contributed by atoms with Gasteiger partial charge in [0.05, 0.1) is 10.5 Å². The number of pyridine rings is 1. The van der Waals surface area contributed by atoms with Gasteiger partial charge < -0.3 is 14.8 Å². The fourth-order valence-corrected chi connectivity index (χ4v) is 1.98. The predicted octanol–water partition coefficient (Wildman–Crippen LogP) is 1.45. The zero-order valence-electron chi connectivity index (χ0n) is 9.27. The van der Waals surface area contributed by atoms with E-state index in [0.717, 1.165) is 6.54 Å². The Labute approximate surface area is 103 Å². The molecule has 2 N–H and O–H groups in total. The van der Waals surface area contributed by atoms with Gasteiger partial charge in [-0.25, -0.2) is 9.78 Å². The highest BCUT2D eigenvalue weighted by Crippen LogP contribution is 2.22. The van der Waals surface area contributed by atoms with Gasteiger partial charge in [0.15, 0.2) is 5.69 Å². The van der Waals surface area contributed by atoms with E-state index in [0.29, 0.717) is 22.8 Å². The SMILES string of the molecule is CNCCc1nc(C(=O)O)c2c(Cl)cccn12. The van der Waals surface area contributed by atoms with Crippen LogP contribution in [-0.4, -0.2) is 34.1 Å². The third kappa shape index (κ3) is 2.11. The van der Waals surface area contributed by atoms with Crippen molar-refractivity contribution in [1.82, 2.24) is 14.7 Å². The molecule has 5 nitrogen and oxygen atoms in total. The fourth-order valence-electron chi connectivity index (χ4n) is 1.72. The Morgan fingerprint density at radius 2 is 2.41 bits per heavy atom. The summed E-state index contributed by atoms with van der Waals surface area (Å²) in [6, 6.07) is 3.43. The Morgan fingerprint density at radius 1 is 1.65 bits per heavy atom. The van der Waals surface area contributed by atoms with Crippen LogP contribution >= 0.6 is 11.6 Å². The molecule has 0 aliphatic carbocycles. The number of imidazole rings is 1. The van der Waals surface area contributed by atoms with Crippen LogP contribution in [0.1, 0.15) is 16.3 Å². The Balaban J connectivity index is 2.62. The van der Waals surface area contributed by atoms with Crippen molar-refractivity contribution in [2.75, 3.05) is 13.6 Å². The van der Waals surface area contributed by atoms with E-state index in [1.54, 1.807) is 22.7 Å². The Bertz CT molecular complexity index is 565. The van der Waals surface area contributed by atoms with Crippen molar-refractivity contribution in [3.05, 3.63) is 34.9 Å². The van der Waals surface area contributed by atoms with Crippen LogP contribution < -0.4 is 5.32 Å². The standard InChI is InChI=1S/C11H12ClN3O2/c1-13-5-4-8-14-9(11(16)17)10-7(12)3-2-6-15(8)10/h2-3,6,13H,4-5H2,1H3,(H,16,17). The first-order chi connectivity index (χ1) is 8.15. The molecule has 0 saturated heterocycles. The molecule has 0 aliphatic rings. The first-order valence-electron chi connectivity index (χ1n) is 5.18. The molecule has 6 heteroatoms. The van der Waals surface area contributed by atoms with Gasteiger partial charge in [0, 0.05) is 19.2 Å². The molecule has 2 rings (SSSR count). The van der Waals surface area contributed by atoms with Crippen LogP contribution in [0.2, 0.25) is 5.02 Å². The highest BCUT2D eigenvalue weighted by molar-refractivity contribution is 6.34. The molecule has 90 valence electrons. The number of aromatic carboxylic acids is 1. The molecule has 0 spiro atoms. The first kappa shape index (κ1) is 11.9. The molecule has 0 aromatic carbocycles. The summed E-state index contributed by atoms with van der Waals surface area (Å²) in [6.45, 7) is 0.727. The maximum absolute atomic E-state index is 11.1. The summed E-state index contributed by atoms with van der Waals surface area (Å²) in [5.41, 5.74) is 0.453. The zero-order valence-corrected chi connectivity index (χ0v) is 10.0. The van der Waals surface area contributed by atoms with E-state index in [9.17, 15) is 4.79 Å². The molecule has 0 unspecified atom stereocenters. The number of nitrogens with one attached hydrogen (secondary N) is 1. The molecule has 0 bridgehead atoms. The number of rotatable bonds is 4. The molecule has 0 fully saturated rings. The highest BCUT2D eigenvalue weighted by Gasteiger charge is 2.18. The van der Waals surface area contributed by atoms with Gasteiger partial charge in [0.1, 0.15) is 5.82 Å². The number of hydrogen-bond donors (Lipinski definition) is 2. The summed E-state index contributed by atoms with van der Waals surface area (Å²) in [4.78, 5) is 15.2. The largest absolute Gasteiger partial charge is 0.476 e. The number of carbonyl (C=O) groups is 1. The van der Waals surface area contributed by atoms with Crippen LogP contribution in [0.3, 0.4) is 0 Å². The number of nitrogens with zero attached hydrogens (tertiary/aromatic N) is 2. The van der Waals surface area contributed by atoms with Crippen LogP contribution in [0.15, 0.2) is 18.3 Å². The third-order valence-corrected chi connectivity index (χ3v) is 2.79. The fraction of sp³-hybridized carbons (Fsp3) is 0.273. The van der Waals surface area contributed by atoms with Gasteiger partial charge in [-0.2, -0.15) is 0 Å². The molecule has 0 atom stereocenters. The molecule has 2 heterocycles. The minimum atomic E-state index is -1.06. The molecule has 0 radical (unpaired) electrons. The molecule has 0 saturated carbocycles. The van der Waals surface area contributed by atoms with Crippen LogP contribution in [-0.2, 0) is 6.42 Å². The first-order valence-corrected chi connectivity index (χ1v) is 5.56. The molecule has 0 aliphatic heterocycles. The van der Waals surface area contributed by atoms with Crippen LogP contribution in [0.4, 0.5) is 0 Å². The zero-order chi connectivity index (χ0) is 12.4. The van der Waals surface area contributed by atoms with E-state index in [-0.39, 0.29) is 5.69 Å². The van der Waals surface area contributed by atoms with Crippen LogP contribution in [0.5, 0.6) is 0 Å². The average Bonchev–Trinajstić information content (AvgIpc) is 2.67. The van der Waals surface area contributed by atoms with Crippen LogP contribution in [0.25, 0.3) is 5.52 Å². The van der Waals surface area contributed by atoms with Crippen LogP contribution in [0, 0.1) is 0 Å². The second kappa shape index (κ2) is 4.73. The average molecular weight is 254 g/mol. The lowest BCUT2D eigenvalue weighted by Crippen LogP contribution is -2.12. The lowest BCUT2D eigenvalue weighted by Gasteiger charge is -2.01. The molecule has 17 heavy (non-hydrogen) atoms. The smallest absolute Gasteiger partial charge is 0.356 e. The number of likely N-dealkylation sites (N-methyl/N-ethyl adjacent to an activating group) is 1. The normalized spacial score (nSPS) is 10.9. The van der Waals surface area contributed by atoms with Crippen molar-refractivity contribution in [2.24, 2.45) is 0 Å².